The molecule has 0 bridgehead atoms. The SMILES string of the molecule is CC[C@@H](C)[C@@H](N)C(=O)O.N=C(N)NCCC[C@@H](N)C(=O)O. The zero-order valence-corrected chi connectivity index (χ0v) is 12.5. The second-order valence-corrected chi connectivity index (χ2v) is 4.68. The first-order chi connectivity index (χ1) is 9.63. The molecule has 0 heterocycles. The van der Waals surface area contributed by atoms with Crippen LogP contribution in [0.1, 0.15) is 33.1 Å². The van der Waals surface area contributed by atoms with Crippen molar-refractivity contribution in [3.8, 4) is 0 Å². The van der Waals surface area contributed by atoms with Gasteiger partial charge in [-0.2, -0.15) is 0 Å². The maximum atomic E-state index is 10.2. The molecule has 124 valence electrons. The van der Waals surface area contributed by atoms with Gasteiger partial charge in [-0.1, -0.05) is 20.3 Å². The highest BCUT2D eigenvalue weighted by atomic mass is 16.4. The Bertz CT molecular complexity index is 338. The van der Waals surface area contributed by atoms with E-state index in [9.17, 15) is 9.59 Å². The standard InChI is InChI=1S/C6H14N4O2.C6H13NO2/c7-4(5(11)12)2-1-3-10-6(8)9;1-3-4(2)5(7)6(8)9/h4H,1-3,7H2,(H,11,12)(H4,8,9,10);4-5H,3,7H2,1-2H3,(H,8,9)/t4-;4-,5-/m11/s1. The topological polar surface area (TPSA) is 189 Å². The molecule has 0 amide bonds. The third-order valence-corrected chi connectivity index (χ3v) is 2.87. The average Bonchev–Trinajstić information content (AvgIpc) is 2.41. The van der Waals surface area contributed by atoms with Crippen LogP contribution in [0.2, 0.25) is 0 Å². The van der Waals surface area contributed by atoms with Gasteiger partial charge in [0.25, 0.3) is 0 Å². The molecule has 0 rings (SSSR count). The summed E-state index contributed by atoms with van der Waals surface area (Å²) in [6, 6.07) is -1.52. The molecule has 0 saturated carbocycles. The van der Waals surface area contributed by atoms with Gasteiger partial charge in [0.15, 0.2) is 5.96 Å². The van der Waals surface area contributed by atoms with Crippen molar-refractivity contribution in [2.45, 2.75) is 45.2 Å². The quantitative estimate of drug-likeness (QED) is 0.170. The van der Waals surface area contributed by atoms with E-state index in [1.807, 2.05) is 13.8 Å². The van der Waals surface area contributed by atoms with Crippen LogP contribution in [0.15, 0.2) is 0 Å². The maximum Gasteiger partial charge on any atom is 0.320 e. The van der Waals surface area contributed by atoms with E-state index in [1.165, 1.54) is 0 Å². The number of carbonyl (C=O) groups is 2. The van der Waals surface area contributed by atoms with Gasteiger partial charge < -0.3 is 32.7 Å². The van der Waals surface area contributed by atoms with Crippen molar-refractivity contribution in [3.05, 3.63) is 0 Å². The molecule has 21 heavy (non-hydrogen) atoms. The number of rotatable bonds is 8. The maximum absolute atomic E-state index is 10.2. The molecule has 0 aliphatic carbocycles. The van der Waals surface area contributed by atoms with Crippen LogP contribution in [0.3, 0.4) is 0 Å². The average molecular weight is 305 g/mol. The van der Waals surface area contributed by atoms with E-state index in [-0.39, 0.29) is 11.9 Å². The molecule has 0 aliphatic rings. The number of aliphatic carboxylic acids is 2. The smallest absolute Gasteiger partial charge is 0.320 e. The molecule has 3 atom stereocenters. The third kappa shape index (κ3) is 12.9. The largest absolute Gasteiger partial charge is 0.480 e. The van der Waals surface area contributed by atoms with Crippen molar-refractivity contribution in [2.24, 2.45) is 23.1 Å². The Balaban J connectivity index is 0. The van der Waals surface area contributed by atoms with E-state index in [0.29, 0.717) is 19.4 Å². The van der Waals surface area contributed by atoms with Crippen LogP contribution in [0, 0.1) is 11.3 Å². The van der Waals surface area contributed by atoms with Gasteiger partial charge in [0, 0.05) is 6.54 Å². The number of guanidine groups is 1. The lowest BCUT2D eigenvalue weighted by atomic mass is 10.0. The summed E-state index contributed by atoms with van der Waals surface area (Å²) < 4.78 is 0. The summed E-state index contributed by atoms with van der Waals surface area (Å²) in [4.78, 5) is 20.4. The van der Waals surface area contributed by atoms with E-state index in [0.717, 1.165) is 6.42 Å². The Hall–Kier alpha value is -1.87. The lowest BCUT2D eigenvalue weighted by Gasteiger charge is -2.11. The zero-order chi connectivity index (χ0) is 17.0. The minimum absolute atomic E-state index is 0.0718. The Morgan fingerprint density at radius 3 is 2.05 bits per heavy atom. The number of carboxylic acids is 2. The lowest BCUT2D eigenvalue weighted by Crippen LogP contribution is -2.36. The van der Waals surface area contributed by atoms with Crippen molar-refractivity contribution in [1.29, 1.82) is 5.41 Å². The van der Waals surface area contributed by atoms with Gasteiger partial charge in [0.05, 0.1) is 0 Å². The summed E-state index contributed by atoms with van der Waals surface area (Å²) in [5, 5.41) is 26.1. The van der Waals surface area contributed by atoms with Gasteiger partial charge in [0.1, 0.15) is 12.1 Å². The fraction of sp³-hybridized carbons (Fsp3) is 0.750. The second-order valence-electron chi connectivity index (χ2n) is 4.68. The fourth-order valence-corrected chi connectivity index (χ4v) is 1.17. The molecule has 0 radical (unpaired) electrons. The van der Waals surface area contributed by atoms with E-state index in [2.05, 4.69) is 5.32 Å². The molecule has 0 aromatic carbocycles. The molecule has 0 aromatic rings. The summed E-state index contributed by atoms with van der Waals surface area (Å²) in [5.74, 6) is -1.96. The summed E-state index contributed by atoms with van der Waals surface area (Å²) >= 11 is 0. The number of nitrogens with two attached hydrogens (primary N) is 3. The van der Waals surface area contributed by atoms with Crippen molar-refractivity contribution in [2.75, 3.05) is 6.54 Å². The highest BCUT2D eigenvalue weighted by Crippen LogP contribution is 2.04. The monoisotopic (exact) mass is 305 g/mol. The van der Waals surface area contributed by atoms with Crippen molar-refractivity contribution < 1.29 is 19.8 Å². The van der Waals surface area contributed by atoms with Crippen LogP contribution in [0.4, 0.5) is 0 Å². The predicted molar refractivity (Wildman–Crippen MR) is 79.8 cm³/mol. The minimum Gasteiger partial charge on any atom is -0.480 e. The van der Waals surface area contributed by atoms with Crippen LogP contribution < -0.4 is 22.5 Å². The molecule has 0 aliphatic heterocycles. The van der Waals surface area contributed by atoms with Crippen LogP contribution in [0.5, 0.6) is 0 Å². The summed E-state index contributed by atoms with van der Waals surface area (Å²) in [6.45, 7) is 4.24. The third-order valence-electron chi connectivity index (χ3n) is 2.87. The van der Waals surface area contributed by atoms with Gasteiger partial charge in [-0.25, -0.2) is 0 Å². The molecule has 0 fully saturated rings. The van der Waals surface area contributed by atoms with Crippen LogP contribution in [0.25, 0.3) is 0 Å². The molecular formula is C12H27N5O4. The van der Waals surface area contributed by atoms with Gasteiger partial charge >= 0.3 is 11.9 Å². The van der Waals surface area contributed by atoms with Crippen LogP contribution in [-0.2, 0) is 9.59 Å². The van der Waals surface area contributed by atoms with Gasteiger partial charge in [-0.3, -0.25) is 15.0 Å². The Kier molecular flexibility index (Phi) is 12.2. The highest BCUT2D eigenvalue weighted by Gasteiger charge is 2.17. The fourth-order valence-electron chi connectivity index (χ4n) is 1.17. The second kappa shape index (κ2) is 11.9. The summed E-state index contributed by atoms with van der Waals surface area (Å²) in [6.07, 6.45) is 1.79. The Morgan fingerprint density at radius 2 is 1.76 bits per heavy atom. The van der Waals surface area contributed by atoms with Crippen molar-refractivity contribution >= 4 is 17.9 Å². The molecule has 9 heteroatoms. The number of carboxylic acid groups (broad SMARTS) is 2. The van der Waals surface area contributed by atoms with Crippen molar-refractivity contribution in [3.63, 3.8) is 0 Å². The first kappa shape index (κ1) is 21.4. The van der Waals surface area contributed by atoms with E-state index in [4.69, 9.17) is 32.8 Å². The molecule has 0 aromatic heterocycles. The first-order valence-corrected chi connectivity index (χ1v) is 6.68. The van der Waals surface area contributed by atoms with E-state index < -0.39 is 24.0 Å². The molecule has 0 unspecified atom stereocenters. The highest BCUT2D eigenvalue weighted by molar-refractivity contribution is 5.74. The molecule has 0 saturated heterocycles. The number of hydrogen-bond donors (Lipinski definition) is 7. The lowest BCUT2D eigenvalue weighted by molar-refractivity contribution is -0.140. The first-order valence-electron chi connectivity index (χ1n) is 6.68. The van der Waals surface area contributed by atoms with Gasteiger partial charge in [-0.15, -0.1) is 0 Å². The molecule has 0 spiro atoms. The van der Waals surface area contributed by atoms with E-state index in [1.54, 1.807) is 0 Å². The van der Waals surface area contributed by atoms with Crippen LogP contribution >= 0.6 is 0 Å². The number of nitrogens with one attached hydrogen (secondary N) is 2. The predicted octanol–water partition coefficient (Wildman–Crippen LogP) is -0.894. The van der Waals surface area contributed by atoms with Crippen molar-refractivity contribution in [1.82, 2.24) is 5.32 Å². The molecular weight excluding hydrogens is 278 g/mol. The molecule has 9 nitrogen and oxygen atoms in total. The zero-order valence-electron chi connectivity index (χ0n) is 12.5. The van der Waals surface area contributed by atoms with Crippen LogP contribution in [-0.4, -0.2) is 46.7 Å². The van der Waals surface area contributed by atoms with E-state index >= 15 is 0 Å². The Morgan fingerprint density at radius 1 is 1.24 bits per heavy atom. The molecule has 10 N–H and O–H groups in total. The van der Waals surface area contributed by atoms with Gasteiger partial charge in [0.2, 0.25) is 0 Å². The Labute approximate surface area is 124 Å². The number of hydrogen-bond acceptors (Lipinski definition) is 5. The normalized spacial score (nSPS) is 14.1. The van der Waals surface area contributed by atoms with Gasteiger partial charge in [-0.05, 0) is 18.8 Å². The summed E-state index contributed by atoms with van der Waals surface area (Å²) in [5.41, 5.74) is 15.5. The minimum atomic E-state index is -1.00. The summed E-state index contributed by atoms with van der Waals surface area (Å²) in [7, 11) is 0.